The third kappa shape index (κ3) is 3.43. The third-order valence-electron chi connectivity index (χ3n) is 3.05. The summed E-state index contributed by atoms with van der Waals surface area (Å²) in [5, 5.41) is 0.814. The molecule has 18 heavy (non-hydrogen) atoms. The van der Waals surface area contributed by atoms with Crippen LogP contribution in [0.15, 0.2) is 18.2 Å². The minimum absolute atomic E-state index is 0.194. The van der Waals surface area contributed by atoms with Gasteiger partial charge >= 0.3 is 0 Å². The predicted molar refractivity (Wildman–Crippen MR) is 71.8 cm³/mol. The van der Waals surface area contributed by atoms with Gasteiger partial charge in [0.15, 0.2) is 0 Å². The highest BCUT2D eigenvalue weighted by atomic mass is 79.9. The normalized spacial score (nSPS) is 20.9. The zero-order chi connectivity index (χ0) is 13.0. The molecule has 0 amide bonds. The fourth-order valence-corrected chi connectivity index (χ4v) is 2.43. The van der Waals surface area contributed by atoms with Gasteiger partial charge < -0.3 is 9.47 Å². The SMILES string of the molecule is COc1ccc(CN2CCOC(CBr)C2)c(F)c1. The van der Waals surface area contributed by atoms with Crippen LogP contribution in [0.25, 0.3) is 0 Å². The molecule has 0 bridgehead atoms. The van der Waals surface area contributed by atoms with E-state index in [1.54, 1.807) is 12.1 Å². The van der Waals surface area contributed by atoms with Crippen LogP contribution in [0.3, 0.4) is 0 Å². The number of alkyl halides is 1. The first-order valence-corrected chi connectivity index (χ1v) is 7.07. The van der Waals surface area contributed by atoms with Crippen molar-refractivity contribution < 1.29 is 13.9 Å². The Hall–Kier alpha value is -0.650. The molecule has 1 heterocycles. The molecule has 100 valence electrons. The van der Waals surface area contributed by atoms with Crippen molar-refractivity contribution in [1.29, 1.82) is 0 Å². The molecule has 0 aliphatic carbocycles. The Morgan fingerprint density at radius 1 is 1.56 bits per heavy atom. The van der Waals surface area contributed by atoms with Crippen LogP contribution in [-0.4, -0.2) is 43.1 Å². The molecule has 2 rings (SSSR count). The maximum atomic E-state index is 13.8. The number of morpholine rings is 1. The molecule has 1 aromatic carbocycles. The lowest BCUT2D eigenvalue weighted by atomic mass is 10.1. The number of hydrogen-bond acceptors (Lipinski definition) is 3. The van der Waals surface area contributed by atoms with Gasteiger partial charge in [-0.2, -0.15) is 0 Å². The second-order valence-corrected chi connectivity index (χ2v) is 4.99. The number of methoxy groups -OCH3 is 1. The molecule has 3 nitrogen and oxygen atoms in total. The fourth-order valence-electron chi connectivity index (χ4n) is 2.04. The number of benzene rings is 1. The van der Waals surface area contributed by atoms with Crippen molar-refractivity contribution in [3.63, 3.8) is 0 Å². The van der Waals surface area contributed by atoms with E-state index in [1.165, 1.54) is 13.2 Å². The van der Waals surface area contributed by atoms with E-state index in [2.05, 4.69) is 20.8 Å². The van der Waals surface area contributed by atoms with Crippen molar-refractivity contribution in [2.75, 3.05) is 32.1 Å². The summed E-state index contributed by atoms with van der Waals surface area (Å²) in [6.45, 7) is 2.99. The first-order chi connectivity index (χ1) is 8.72. The van der Waals surface area contributed by atoms with Crippen molar-refractivity contribution in [3.05, 3.63) is 29.6 Å². The van der Waals surface area contributed by atoms with Crippen molar-refractivity contribution in [2.24, 2.45) is 0 Å². The summed E-state index contributed by atoms with van der Waals surface area (Å²) in [6.07, 6.45) is 0.194. The predicted octanol–water partition coefficient (Wildman–Crippen LogP) is 2.43. The van der Waals surface area contributed by atoms with Gasteiger partial charge in [0, 0.05) is 36.6 Å². The molecular formula is C13H17BrFNO2. The van der Waals surface area contributed by atoms with E-state index in [-0.39, 0.29) is 11.9 Å². The average molecular weight is 318 g/mol. The van der Waals surface area contributed by atoms with E-state index < -0.39 is 0 Å². The molecule has 1 atom stereocenters. The first kappa shape index (κ1) is 13.8. The van der Waals surface area contributed by atoms with Gasteiger partial charge in [-0.15, -0.1) is 0 Å². The average Bonchev–Trinajstić information content (AvgIpc) is 2.41. The van der Waals surface area contributed by atoms with E-state index >= 15 is 0 Å². The lowest BCUT2D eigenvalue weighted by Gasteiger charge is -2.32. The second-order valence-electron chi connectivity index (χ2n) is 4.34. The lowest BCUT2D eigenvalue weighted by molar-refractivity contribution is -0.0184. The van der Waals surface area contributed by atoms with E-state index in [1.807, 2.05) is 0 Å². The quantitative estimate of drug-likeness (QED) is 0.796. The molecule has 0 aromatic heterocycles. The summed E-state index contributed by atoms with van der Waals surface area (Å²) in [7, 11) is 1.54. The summed E-state index contributed by atoms with van der Waals surface area (Å²) in [5.74, 6) is 0.341. The molecule has 1 aliphatic rings. The van der Waals surface area contributed by atoms with Crippen LogP contribution < -0.4 is 4.74 Å². The smallest absolute Gasteiger partial charge is 0.131 e. The highest BCUT2D eigenvalue weighted by molar-refractivity contribution is 9.09. The fraction of sp³-hybridized carbons (Fsp3) is 0.538. The molecule has 0 N–H and O–H groups in total. The summed E-state index contributed by atoms with van der Waals surface area (Å²) in [6, 6.07) is 5.01. The zero-order valence-corrected chi connectivity index (χ0v) is 12.0. The van der Waals surface area contributed by atoms with Gasteiger partial charge in [0.25, 0.3) is 0 Å². The van der Waals surface area contributed by atoms with Gasteiger partial charge in [-0.3, -0.25) is 4.90 Å². The molecular weight excluding hydrogens is 301 g/mol. The summed E-state index contributed by atoms with van der Waals surface area (Å²) < 4.78 is 24.4. The highest BCUT2D eigenvalue weighted by Crippen LogP contribution is 2.19. The molecule has 1 aromatic rings. The van der Waals surface area contributed by atoms with Crippen LogP contribution >= 0.6 is 15.9 Å². The minimum atomic E-state index is -0.212. The second kappa shape index (κ2) is 6.50. The Bertz CT molecular complexity index is 403. The molecule has 0 spiro atoms. The maximum absolute atomic E-state index is 13.8. The zero-order valence-electron chi connectivity index (χ0n) is 10.4. The van der Waals surface area contributed by atoms with E-state index in [0.29, 0.717) is 24.5 Å². The van der Waals surface area contributed by atoms with Crippen molar-refractivity contribution >= 4 is 15.9 Å². The highest BCUT2D eigenvalue weighted by Gasteiger charge is 2.20. The van der Waals surface area contributed by atoms with Crippen LogP contribution in [-0.2, 0) is 11.3 Å². The van der Waals surface area contributed by atoms with E-state index in [9.17, 15) is 4.39 Å². The number of ether oxygens (including phenoxy) is 2. The van der Waals surface area contributed by atoms with Crippen LogP contribution in [0.1, 0.15) is 5.56 Å². The Morgan fingerprint density at radius 3 is 3.06 bits per heavy atom. The van der Waals surface area contributed by atoms with Crippen LogP contribution in [0, 0.1) is 5.82 Å². The molecule has 5 heteroatoms. The number of halogens is 2. The first-order valence-electron chi connectivity index (χ1n) is 5.95. The monoisotopic (exact) mass is 317 g/mol. The molecule has 1 saturated heterocycles. The Balaban J connectivity index is 2.00. The Morgan fingerprint density at radius 2 is 2.39 bits per heavy atom. The van der Waals surface area contributed by atoms with Gasteiger partial charge in [-0.25, -0.2) is 4.39 Å². The largest absolute Gasteiger partial charge is 0.497 e. The van der Waals surface area contributed by atoms with Gasteiger partial charge in [0.2, 0.25) is 0 Å². The number of nitrogens with zero attached hydrogens (tertiary/aromatic N) is 1. The standard InChI is InChI=1S/C13H17BrFNO2/c1-17-11-3-2-10(13(15)6-11)8-16-4-5-18-12(7-14)9-16/h2-3,6,12H,4-5,7-9H2,1H3. The topological polar surface area (TPSA) is 21.7 Å². The van der Waals surface area contributed by atoms with Gasteiger partial charge in [0.1, 0.15) is 11.6 Å². The van der Waals surface area contributed by atoms with Crippen LogP contribution in [0.4, 0.5) is 4.39 Å². The lowest BCUT2D eigenvalue weighted by Crippen LogP contribution is -2.42. The van der Waals surface area contributed by atoms with Gasteiger partial charge in [0.05, 0.1) is 19.8 Å². The van der Waals surface area contributed by atoms with Crippen molar-refractivity contribution in [1.82, 2.24) is 4.90 Å². The molecule has 1 unspecified atom stereocenters. The third-order valence-corrected chi connectivity index (χ3v) is 3.77. The Labute approximate surface area is 115 Å². The van der Waals surface area contributed by atoms with Crippen LogP contribution in [0.2, 0.25) is 0 Å². The van der Waals surface area contributed by atoms with E-state index in [0.717, 1.165) is 18.4 Å². The minimum Gasteiger partial charge on any atom is -0.497 e. The molecule has 1 aliphatic heterocycles. The van der Waals surface area contributed by atoms with Crippen molar-refractivity contribution in [2.45, 2.75) is 12.6 Å². The van der Waals surface area contributed by atoms with Crippen LogP contribution in [0.5, 0.6) is 5.75 Å². The van der Waals surface area contributed by atoms with Crippen molar-refractivity contribution in [3.8, 4) is 5.75 Å². The van der Waals surface area contributed by atoms with E-state index in [4.69, 9.17) is 9.47 Å². The molecule has 1 fully saturated rings. The maximum Gasteiger partial charge on any atom is 0.131 e. The molecule has 0 radical (unpaired) electrons. The number of hydrogen-bond donors (Lipinski definition) is 0. The van der Waals surface area contributed by atoms with Gasteiger partial charge in [-0.1, -0.05) is 22.0 Å². The summed E-state index contributed by atoms with van der Waals surface area (Å²) in [5.41, 5.74) is 0.700. The number of rotatable bonds is 4. The Kier molecular flexibility index (Phi) is 4.97. The summed E-state index contributed by atoms with van der Waals surface area (Å²) >= 11 is 3.41. The van der Waals surface area contributed by atoms with Gasteiger partial charge in [-0.05, 0) is 6.07 Å². The molecule has 0 saturated carbocycles. The summed E-state index contributed by atoms with van der Waals surface area (Å²) in [4.78, 5) is 2.21.